The number of anilines is 2. The first-order valence-corrected chi connectivity index (χ1v) is 20.4. The van der Waals surface area contributed by atoms with Gasteiger partial charge in [-0.15, -0.1) is 0 Å². The number of ketones is 2. The number of hydrogen-bond acceptors (Lipinski definition) is 10. The van der Waals surface area contributed by atoms with Gasteiger partial charge in [-0.05, 0) is 89.6 Å². The largest absolute Gasteiger partial charge is 0.463 e. The van der Waals surface area contributed by atoms with E-state index in [1.54, 1.807) is 32.9 Å². The highest BCUT2D eigenvalue weighted by molar-refractivity contribution is 7.99. The molecule has 56 heavy (non-hydrogen) atoms. The predicted octanol–water partition coefficient (Wildman–Crippen LogP) is 10.9. The lowest BCUT2D eigenvalue weighted by atomic mass is 9.82. The maximum atomic E-state index is 14.9. The zero-order chi connectivity index (χ0) is 40.8. The van der Waals surface area contributed by atoms with Crippen molar-refractivity contribution in [3.05, 3.63) is 130 Å². The highest BCUT2D eigenvalue weighted by atomic mass is 32.2. The Morgan fingerprint density at radius 3 is 1.52 bits per heavy atom. The van der Waals surface area contributed by atoms with E-state index in [1.165, 1.54) is 35.7 Å². The summed E-state index contributed by atoms with van der Waals surface area (Å²) in [5.41, 5.74) is 4.67. The van der Waals surface area contributed by atoms with Crippen LogP contribution in [-0.2, 0) is 19.1 Å². The quantitative estimate of drug-likeness (QED) is 0.0785. The maximum absolute atomic E-state index is 14.9. The molecule has 0 fully saturated rings. The number of allylic oxidation sites excluding steroid dienone is 2. The Morgan fingerprint density at radius 1 is 0.643 bits per heavy atom. The third-order valence-electron chi connectivity index (χ3n) is 8.56. The van der Waals surface area contributed by atoms with Crippen molar-refractivity contribution in [3.63, 3.8) is 0 Å². The Kier molecular flexibility index (Phi) is 16.2. The molecule has 8 nitrogen and oxygen atoms in total. The van der Waals surface area contributed by atoms with Crippen LogP contribution in [0.2, 0.25) is 0 Å². The second-order valence-corrected chi connectivity index (χ2v) is 16.2. The Bertz CT molecular complexity index is 2090. The molecule has 2 N–H and O–H groups in total. The van der Waals surface area contributed by atoms with Crippen molar-refractivity contribution in [2.45, 2.75) is 81.4 Å². The summed E-state index contributed by atoms with van der Waals surface area (Å²) in [4.78, 5) is 55.5. The van der Waals surface area contributed by atoms with Crippen LogP contribution in [0.5, 0.6) is 0 Å². The summed E-state index contributed by atoms with van der Waals surface area (Å²) in [7, 11) is 0. The van der Waals surface area contributed by atoms with E-state index in [4.69, 9.17) is 4.74 Å². The van der Waals surface area contributed by atoms with Gasteiger partial charge in [0.05, 0.1) is 24.3 Å². The van der Waals surface area contributed by atoms with Gasteiger partial charge in [0.2, 0.25) is 0 Å². The normalized spacial score (nSPS) is 12.1. The summed E-state index contributed by atoms with van der Waals surface area (Å²) in [6.45, 7) is 17.2. The molecule has 10 heteroatoms. The highest BCUT2D eigenvalue weighted by Gasteiger charge is 2.38. The summed E-state index contributed by atoms with van der Waals surface area (Å²) in [5, 5.41) is 6.88. The van der Waals surface area contributed by atoms with Gasteiger partial charge in [-0.3, -0.25) is 9.59 Å². The molecule has 0 radical (unpaired) electrons. The molecule has 4 aromatic carbocycles. The van der Waals surface area contributed by atoms with Crippen LogP contribution in [0, 0.1) is 19.3 Å². The lowest BCUT2D eigenvalue weighted by Gasteiger charge is -2.29. The monoisotopic (exact) mass is 792 g/mol. The molecule has 0 aromatic heterocycles. The molecule has 1 aliphatic rings. The van der Waals surface area contributed by atoms with Crippen LogP contribution in [0.25, 0.3) is 0 Å². The number of fused-ring (bicyclic) bond motifs is 2. The number of ether oxygens (including phenoxy) is 2. The van der Waals surface area contributed by atoms with Crippen LogP contribution >= 0.6 is 23.5 Å². The minimum atomic E-state index is -0.456. The molecule has 5 rings (SSSR count). The van der Waals surface area contributed by atoms with E-state index in [-0.39, 0.29) is 24.1 Å². The fraction of sp³-hybridized carbons (Fsp3) is 0.304. The fourth-order valence-corrected chi connectivity index (χ4v) is 7.61. The number of hydrogen-bond donors (Lipinski definition) is 2. The molecule has 0 atom stereocenters. The molecule has 4 aromatic rings. The highest BCUT2D eigenvalue weighted by Crippen LogP contribution is 2.45. The smallest absolute Gasteiger partial charge is 0.330 e. The first-order chi connectivity index (χ1) is 26.8. The van der Waals surface area contributed by atoms with Crippen molar-refractivity contribution in [3.8, 4) is 0 Å². The first-order valence-electron chi connectivity index (χ1n) is 18.8. The Hall–Kier alpha value is -5.06. The van der Waals surface area contributed by atoms with Gasteiger partial charge in [0, 0.05) is 72.7 Å². The molecule has 0 unspecified atom stereocenters. The number of aryl methyl sites for hydroxylation is 2. The van der Waals surface area contributed by atoms with Crippen LogP contribution in [0.1, 0.15) is 90.9 Å². The van der Waals surface area contributed by atoms with Gasteiger partial charge < -0.3 is 20.1 Å². The molecule has 294 valence electrons. The van der Waals surface area contributed by atoms with Crippen LogP contribution in [-0.4, -0.2) is 49.8 Å². The molecule has 0 amide bonds. The van der Waals surface area contributed by atoms with E-state index in [1.807, 2.05) is 100 Å². The second kappa shape index (κ2) is 20.7. The van der Waals surface area contributed by atoms with Crippen molar-refractivity contribution in [2.75, 3.05) is 36.9 Å². The average molecular weight is 793 g/mol. The van der Waals surface area contributed by atoms with E-state index in [0.29, 0.717) is 53.3 Å². The molecule has 0 heterocycles. The van der Waals surface area contributed by atoms with Gasteiger partial charge in [0.1, 0.15) is 0 Å². The van der Waals surface area contributed by atoms with Crippen LogP contribution in [0.15, 0.2) is 117 Å². The van der Waals surface area contributed by atoms with Crippen molar-refractivity contribution in [2.24, 2.45) is 5.41 Å². The van der Waals surface area contributed by atoms with Crippen molar-refractivity contribution in [1.82, 2.24) is 0 Å². The molecular formula is C46H52N2O6S2. The van der Waals surface area contributed by atoms with Crippen LogP contribution in [0.3, 0.4) is 0 Å². The van der Waals surface area contributed by atoms with E-state index in [2.05, 4.69) is 22.3 Å². The third-order valence-corrected chi connectivity index (χ3v) is 10.7. The number of rotatable bonds is 15. The van der Waals surface area contributed by atoms with Gasteiger partial charge in [-0.25, -0.2) is 9.59 Å². The number of nitrogens with one attached hydrogen (secondary N) is 2. The zero-order valence-corrected chi connectivity index (χ0v) is 35.2. The Balaban J connectivity index is 0.000000784. The molecule has 0 bridgehead atoms. The lowest BCUT2D eigenvalue weighted by molar-refractivity contribution is -0.140. The second-order valence-electron chi connectivity index (χ2n) is 14.0. The van der Waals surface area contributed by atoms with E-state index in [0.717, 1.165) is 37.1 Å². The van der Waals surface area contributed by atoms with E-state index >= 15 is 0 Å². The van der Waals surface area contributed by atoms with E-state index in [9.17, 15) is 19.2 Å². The maximum Gasteiger partial charge on any atom is 0.330 e. The number of esters is 2. The lowest BCUT2D eigenvalue weighted by Crippen LogP contribution is -2.31. The third kappa shape index (κ3) is 11.7. The molecule has 0 saturated carbocycles. The van der Waals surface area contributed by atoms with Gasteiger partial charge >= 0.3 is 11.9 Å². The molecule has 0 saturated heterocycles. The van der Waals surface area contributed by atoms with Crippen LogP contribution in [0.4, 0.5) is 11.4 Å². The minimum absolute atomic E-state index is 0.178. The SMILES string of the molecule is C/C=C/C(=O)OCC.C/C=C/C(=O)OCC(C)(C)CNc1ccc(Sc2ccc(C)cc2)c2c1C(=O)c1c(Sc3ccc(C)cc3)ccc(NCCC)c1C2=O. The topological polar surface area (TPSA) is 111 Å². The molecule has 0 aliphatic heterocycles. The molecule has 0 spiro atoms. The standard InChI is InChI=1S/C40H42N2O4S2.C6H10O2/c1-7-9-33(43)46-24-40(5,6)23-42-30-19-21-32(48-28-16-12-26(4)13-17-28)37-35(30)39(45)36-31(47-27-14-10-25(3)11-15-27)20-18-29(41-22-8-2)34(36)38(37)44;1-3-5-6(7)8-4-2/h7,9-21,41-42H,8,22-24H2,1-6H3;3,5H,4H2,1-2H3/b9-7+;5-3+. The van der Waals surface area contributed by atoms with Gasteiger partial charge in [-0.2, -0.15) is 0 Å². The first kappa shape index (κ1) is 43.7. The molecule has 1 aliphatic carbocycles. The number of carbonyl (C=O) groups excluding carboxylic acids is 4. The van der Waals surface area contributed by atoms with Gasteiger partial charge in [0.15, 0.2) is 11.6 Å². The average Bonchev–Trinajstić information content (AvgIpc) is 3.17. The van der Waals surface area contributed by atoms with Crippen LogP contribution < -0.4 is 10.6 Å². The summed E-state index contributed by atoms with van der Waals surface area (Å²) in [6, 6.07) is 24.0. The van der Waals surface area contributed by atoms with Crippen molar-refractivity contribution < 1.29 is 28.7 Å². The van der Waals surface area contributed by atoms with Gasteiger partial charge in [0.25, 0.3) is 0 Å². The number of benzene rings is 4. The predicted molar refractivity (Wildman–Crippen MR) is 229 cm³/mol. The summed E-state index contributed by atoms with van der Waals surface area (Å²) in [5.74, 6) is -1.04. The van der Waals surface area contributed by atoms with Crippen molar-refractivity contribution >= 4 is 58.4 Å². The van der Waals surface area contributed by atoms with E-state index < -0.39 is 11.4 Å². The fourth-order valence-electron chi connectivity index (χ4n) is 5.69. The summed E-state index contributed by atoms with van der Waals surface area (Å²) in [6.07, 6.45) is 6.95. The number of carbonyl (C=O) groups is 4. The zero-order valence-electron chi connectivity index (χ0n) is 33.5. The Labute approximate surface area is 339 Å². The Morgan fingerprint density at radius 2 is 1.09 bits per heavy atom. The molecular weight excluding hydrogens is 741 g/mol. The van der Waals surface area contributed by atoms with Gasteiger partial charge in [-0.1, -0.05) is 91.8 Å². The summed E-state index contributed by atoms with van der Waals surface area (Å²) < 4.78 is 10.0. The van der Waals surface area contributed by atoms with Crippen molar-refractivity contribution in [1.29, 1.82) is 0 Å². The summed E-state index contributed by atoms with van der Waals surface area (Å²) >= 11 is 2.97. The minimum Gasteiger partial charge on any atom is -0.463 e.